The molecule has 2 heterocycles. The van der Waals surface area contributed by atoms with Crippen molar-refractivity contribution in [3.8, 4) is 0 Å². The standard InChI is InChI=1S/C49H66N4O3/c1-44(2)19-21-49(43(54)56-31-33-11-9-8-10-12-33)22-20-48(7)40(37(49)29-44)35(34-15-13-32(14-16-34)30-53-23-25-55-26-24-53)27-39-46(5)28-36-41(51-52-42(36)50)45(3,4)38(46)17-18-47(39,48)6/h8-16,37-39H,17-31H2,1-7H3,(H3,50,51,52)/t37?,38?,39?,46-,47+,48+,49-/m0/s1. The summed E-state index contributed by atoms with van der Waals surface area (Å²) in [6.07, 6.45) is 9.20. The molecule has 7 heteroatoms. The van der Waals surface area contributed by atoms with E-state index in [2.05, 4.69) is 100.0 Å². The monoisotopic (exact) mass is 759 g/mol. The average molecular weight is 759 g/mol. The summed E-state index contributed by atoms with van der Waals surface area (Å²) in [4.78, 5) is 17.4. The molecule has 3 saturated carbocycles. The minimum Gasteiger partial charge on any atom is -0.460 e. The number of ether oxygens (including phenoxy) is 2. The van der Waals surface area contributed by atoms with Crippen LogP contribution in [0.3, 0.4) is 0 Å². The Morgan fingerprint density at radius 3 is 2.34 bits per heavy atom. The number of nitrogen functional groups attached to an aromatic ring is 1. The van der Waals surface area contributed by atoms with Crippen LogP contribution < -0.4 is 5.73 Å². The average Bonchev–Trinajstić information content (AvgIpc) is 3.55. The number of carbonyl (C=O) groups excluding carboxylic acids is 1. The molecule has 0 radical (unpaired) electrons. The maximum Gasteiger partial charge on any atom is 0.313 e. The Bertz CT molecular complexity index is 2010. The van der Waals surface area contributed by atoms with Crippen LogP contribution >= 0.6 is 0 Å². The summed E-state index contributed by atoms with van der Waals surface area (Å²) in [5.74, 6) is 1.79. The van der Waals surface area contributed by atoms with E-state index in [1.165, 1.54) is 40.8 Å². The molecule has 0 spiro atoms. The molecule has 0 amide bonds. The van der Waals surface area contributed by atoms with Crippen molar-refractivity contribution in [2.24, 2.45) is 44.8 Å². The first-order valence-electron chi connectivity index (χ1n) is 21.8. The van der Waals surface area contributed by atoms with E-state index in [9.17, 15) is 4.79 Å². The summed E-state index contributed by atoms with van der Waals surface area (Å²) in [5, 5.41) is 8.01. The molecular weight excluding hydrogens is 693 g/mol. The van der Waals surface area contributed by atoms with E-state index in [0.717, 1.165) is 83.4 Å². The molecule has 0 bridgehead atoms. The molecule has 1 aliphatic heterocycles. The van der Waals surface area contributed by atoms with Crippen molar-refractivity contribution in [1.82, 2.24) is 15.1 Å². The van der Waals surface area contributed by atoms with Gasteiger partial charge in [-0.15, -0.1) is 0 Å². The number of hydrogen-bond acceptors (Lipinski definition) is 6. The van der Waals surface area contributed by atoms with Crippen LogP contribution in [0.25, 0.3) is 5.57 Å². The van der Waals surface area contributed by atoms with Crippen LogP contribution in [0.5, 0.6) is 0 Å². The van der Waals surface area contributed by atoms with Crippen LogP contribution in [0.1, 0.15) is 128 Å². The molecule has 3 unspecified atom stereocenters. The fourth-order valence-electron chi connectivity index (χ4n) is 14.1. The summed E-state index contributed by atoms with van der Waals surface area (Å²) in [6, 6.07) is 19.9. The van der Waals surface area contributed by atoms with Crippen molar-refractivity contribution in [3.05, 3.63) is 88.1 Å². The molecular formula is C49H66N4O3. The zero-order chi connectivity index (χ0) is 39.3. The van der Waals surface area contributed by atoms with Crippen LogP contribution in [0.2, 0.25) is 0 Å². The lowest BCUT2D eigenvalue weighted by atomic mass is 9.33. The van der Waals surface area contributed by atoms with E-state index in [1.54, 1.807) is 5.57 Å². The number of allylic oxidation sites excluding steroid dienone is 2. The number of anilines is 1. The molecule has 3 N–H and O–H groups in total. The van der Waals surface area contributed by atoms with E-state index in [4.69, 9.17) is 15.2 Å². The Balaban J connectivity index is 1.19. The second kappa shape index (κ2) is 13.3. The Labute approximate surface area is 335 Å². The molecule has 6 aliphatic rings. The second-order valence-corrected chi connectivity index (χ2v) is 21.1. The summed E-state index contributed by atoms with van der Waals surface area (Å²) >= 11 is 0. The molecule has 2 aromatic carbocycles. The Hall–Kier alpha value is -3.42. The molecule has 7 atom stereocenters. The Kier molecular flexibility index (Phi) is 9.06. The van der Waals surface area contributed by atoms with Gasteiger partial charge in [0.05, 0.1) is 18.6 Å². The van der Waals surface area contributed by atoms with Gasteiger partial charge < -0.3 is 15.2 Å². The number of hydrogen-bond donors (Lipinski definition) is 2. The Morgan fingerprint density at radius 1 is 0.893 bits per heavy atom. The minimum atomic E-state index is -0.516. The predicted molar refractivity (Wildman–Crippen MR) is 223 cm³/mol. The van der Waals surface area contributed by atoms with E-state index >= 15 is 0 Å². The fourth-order valence-corrected chi connectivity index (χ4v) is 14.1. The van der Waals surface area contributed by atoms with Crippen LogP contribution in [0.15, 0.2) is 60.2 Å². The van der Waals surface area contributed by atoms with Crippen LogP contribution in [-0.2, 0) is 39.3 Å². The van der Waals surface area contributed by atoms with Gasteiger partial charge in [-0.1, -0.05) is 109 Å². The van der Waals surface area contributed by atoms with Crippen molar-refractivity contribution < 1.29 is 14.3 Å². The number of benzene rings is 2. The molecule has 4 fully saturated rings. The van der Waals surface area contributed by atoms with Gasteiger partial charge in [0.15, 0.2) is 0 Å². The van der Waals surface area contributed by atoms with E-state index in [0.29, 0.717) is 24.3 Å². The van der Waals surface area contributed by atoms with Crippen molar-refractivity contribution in [3.63, 3.8) is 0 Å². The number of nitrogens with two attached hydrogens (primary N) is 1. The van der Waals surface area contributed by atoms with Crippen molar-refractivity contribution >= 4 is 17.4 Å². The van der Waals surface area contributed by atoms with Gasteiger partial charge in [-0.05, 0) is 119 Å². The van der Waals surface area contributed by atoms with Crippen LogP contribution in [-0.4, -0.2) is 47.4 Å². The van der Waals surface area contributed by atoms with Gasteiger partial charge in [0.1, 0.15) is 12.4 Å². The van der Waals surface area contributed by atoms with E-state index in [-0.39, 0.29) is 39.0 Å². The highest BCUT2D eigenvalue weighted by molar-refractivity contribution is 5.81. The highest BCUT2D eigenvalue weighted by Crippen LogP contribution is 2.77. The molecule has 3 aromatic rings. The lowest BCUT2D eigenvalue weighted by Gasteiger charge is -2.71. The molecule has 300 valence electrons. The smallest absolute Gasteiger partial charge is 0.313 e. The molecule has 7 nitrogen and oxygen atoms in total. The van der Waals surface area contributed by atoms with Crippen LogP contribution in [0, 0.1) is 44.8 Å². The summed E-state index contributed by atoms with van der Waals surface area (Å²) in [7, 11) is 0. The molecule has 5 aliphatic carbocycles. The van der Waals surface area contributed by atoms with Crippen molar-refractivity contribution in [2.75, 3.05) is 32.0 Å². The van der Waals surface area contributed by atoms with Gasteiger partial charge in [-0.3, -0.25) is 14.8 Å². The number of morpholine rings is 1. The molecule has 1 aromatic heterocycles. The summed E-state index contributed by atoms with van der Waals surface area (Å²) in [6.45, 7) is 22.5. The summed E-state index contributed by atoms with van der Waals surface area (Å²) in [5.41, 5.74) is 15.6. The van der Waals surface area contributed by atoms with Gasteiger partial charge in [0, 0.05) is 36.3 Å². The van der Waals surface area contributed by atoms with Gasteiger partial charge in [0.25, 0.3) is 0 Å². The zero-order valence-corrected chi connectivity index (χ0v) is 35.2. The first-order chi connectivity index (χ1) is 26.6. The topological polar surface area (TPSA) is 93.5 Å². The zero-order valence-electron chi connectivity index (χ0n) is 35.2. The van der Waals surface area contributed by atoms with Gasteiger partial charge in [-0.2, -0.15) is 5.10 Å². The first-order valence-corrected chi connectivity index (χ1v) is 21.8. The number of aromatic amines is 1. The minimum absolute atomic E-state index is 0.0246. The van der Waals surface area contributed by atoms with Crippen LogP contribution in [0.4, 0.5) is 5.82 Å². The number of carbonyl (C=O) groups is 1. The molecule has 9 rings (SSSR count). The third-order valence-corrected chi connectivity index (χ3v) is 17.4. The maximum atomic E-state index is 14.9. The molecule has 1 saturated heterocycles. The number of rotatable bonds is 6. The van der Waals surface area contributed by atoms with Crippen molar-refractivity contribution in [2.45, 2.75) is 125 Å². The number of fused-ring (bicyclic) bond motifs is 8. The fraction of sp³-hybridized carbons (Fsp3) is 0.633. The van der Waals surface area contributed by atoms with Gasteiger partial charge in [0.2, 0.25) is 0 Å². The second-order valence-electron chi connectivity index (χ2n) is 21.1. The summed E-state index contributed by atoms with van der Waals surface area (Å²) < 4.78 is 12.1. The number of H-pyrrole nitrogens is 1. The van der Waals surface area contributed by atoms with Gasteiger partial charge >= 0.3 is 5.97 Å². The quantitative estimate of drug-likeness (QED) is 0.243. The maximum absolute atomic E-state index is 14.9. The Morgan fingerprint density at radius 2 is 1.61 bits per heavy atom. The first kappa shape index (κ1) is 38.1. The number of nitrogens with zero attached hydrogens (tertiary/aromatic N) is 2. The number of esters is 1. The lowest BCUT2D eigenvalue weighted by Crippen LogP contribution is -2.65. The van der Waals surface area contributed by atoms with E-state index < -0.39 is 5.41 Å². The third-order valence-electron chi connectivity index (χ3n) is 17.4. The highest BCUT2D eigenvalue weighted by atomic mass is 16.5. The van der Waals surface area contributed by atoms with E-state index in [1.807, 2.05) is 18.2 Å². The third kappa shape index (κ3) is 5.71. The lowest BCUT2D eigenvalue weighted by molar-refractivity contribution is -0.181. The normalized spacial score (nSPS) is 36.0. The molecule has 56 heavy (non-hydrogen) atoms. The largest absolute Gasteiger partial charge is 0.460 e. The van der Waals surface area contributed by atoms with Crippen molar-refractivity contribution in [1.29, 1.82) is 0 Å². The number of nitrogens with one attached hydrogen (secondary N) is 1. The highest BCUT2D eigenvalue weighted by Gasteiger charge is 2.70. The van der Waals surface area contributed by atoms with Gasteiger partial charge in [-0.25, -0.2) is 0 Å². The number of aromatic nitrogens is 2. The SMILES string of the molecule is CC1(C)CC[C@]2(C(=O)OCc3ccccc3)CC[C@]3(C)C(=C(c4ccc(CN5CCOCC5)cc4)CC4[C@@]5(C)Cc6c(N)n[nH]c6C(C)(C)C5CC[C@]43C)C2C1. The predicted octanol–water partition coefficient (Wildman–Crippen LogP) is 9.91.